The number of carbonyl (C=O) groups excluding carboxylic acids is 1. The summed E-state index contributed by atoms with van der Waals surface area (Å²) in [4.78, 5) is 15.0. The summed E-state index contributed by atoms with van der Waals surface area (Å²) in [5, 5.41) is 10.1. The Morgan fingerprint density at radius 1 is 1.53 bits per heavy atom. The van der Waals surface area contributed by atoms with Crippen molar-refractivity contribution in [2.24, 2.45) is 4.99 Å². The molecule has 0 amide bonds. The average Bonchev–Trinajstić information content (AvgIpc) is 2.30. The third kappa shape index (κ3) is 3.61. The Labute approximate surface area is 109 Å². The molecule has 0 aliphatic heterocycles. The predicted molar refractivity (Wildman–Crippen MR) is 67.2 cm³/mol. The second-order valence-electron chi connectivity index (χ2n) is 3.30. The number of aromatic hydroxyl groups is 1. The lowest BCUT2D eigenvalue weighted by molar-refractivity contribution is -0.141. The molecular weight excluding hydrogens is 265 g/mol. The number of phenols is 1. The fourth-order valence-corrected chi connectivity index (χ4v) is 1.62. The van der Waals surface area contributed by atoms with E-state index >= 15 is 0 Å². The van der Waals surface area contributed by atoms with Crippen molar-refractivity contribution in [3.05, 3.63) is 27.7 Å². The summed E-state index contributed by atoms with van der Waals surface area (Å²) in [6, 6.07) is 2.26. The molecule has 0 saturated carbocycles. The lowest BCUT2D eigenvalue weighted by Crippen LogP contribution is -2.16. The zero-order chi connectivity index (χ0) is 13.0. The van der Waals surface area contributed by atoms with Crippen LogP contribution in [0.4, 0.5) is 0 Å². The maximum absolute atomic E-state index is 11.1. The summed E-state index contributed by atoms with van der Waals surface area (Å²) in [5.41, 5.74) is 0.346. The third-order valence-corrected chi connectivity index (χ3v) is 2.54. The number of methoxy groups -OCH3 is 1. The van der Waals surface area contributed by atoms with E-state index in [1.165, 1.54) is 25.5 Å². The first-order valence-corrected chi connectivity index (χ1v) is 5.50. The molecule has 92 valence electrons. The Bertz CT molecular complexity index is 460. The number of benzene rings is 1. The van der Waals surface area contributed by atoms with E-state index in [0.29, 0.717) is 10.6 Å². The van der Waals surface area contributed by atoms with Gasteiger partial charge >= 0.3 is 5.97 Å². The van der Waals surface area contributed by atoms with Gasteiger partial charge in [-0.2, -0.15) is 0 Å². The molecule has 1 atom stereocenters. The van der Waals surface area contributed by atoms with Crippen molar-refractivity contribution in [1.82, 2.24) is 0 Å². The molecule has 1 rings (SSSR count). The number of rotatable bonds is 3. The van der Waals surface area contributed by atoms with Crippen LogP contribution >= 0.6 is 23.2 Å². The number of phenolic OH excluding ortho intramolecular Hbond substituents is 1. The van der Waals surface area contributed by atoms with Gasteiger partial charge in [-0.15, -0.1) is 0 Å². The van der Waals surface area contributed by atoms with Crippen molar-refractivity contribution < 1.29 is 14.6 Å². The normalized spacial score (nSPS) is 12.7. The largest absolute Gasteiger partial charge is 0.506 e. The summed E-state index contributed by atoms with van der Waals surface area (Å²) in [6.45, 7) is 1.57. The molecule has 1 aromatic carbocycles. The number of hydrogen-bond acceptors (Lipinski definition) is 4. The van der Waals surface area contributed by atoms with E-state index in [1.807, 2.05) is 0 Å². The van der Waals surface area contributed by atoms with E-state index in [1.54, 1.807) is 6.92 Å². The van der Waals surface area contributed by atoms with Crippen LogP contribution in [0.3, 0.4) is 0 Å². The zero-order valence-electron chi connectivity index (χ0n) is 9.28. The first-order chi connectivity index (χ1) is 7.95. The van der Waals surface area contributed by atoms with Gasteiger partial charge in [0.2, 0.25) is 0 Å². The number of halogens is 2. The molecule has 0 aliphatic rings. The molecule has 4 nitrogen and oxygen atoms in total. The van der Waals surface area contributed by atoms with Gasteiger partial charge in [0.15, 0.2) is 0 Å². The van der Waals surface area contributed by atoms with Crippen molar-refractivity contribution in [2.45, 2.75) is 13.0 Å². The smallest absolute Gasteiger partial charge is 0.330 e. The first kappa shape index (κ1) is 13.8. The minimum atomic E-state index is -0.655. The summed E-state index contributed by atoms with van der Waals surface area (Å²) in [6.07, 6.45) is 1.33. The van der Waals surface area contributed by atoms with E-state index in [2.05, 4.69) is 9.73 Å². The van der Waals surface area contributed by atoms with Crippen LogP contribution in [0.1, 0.15) is 12.5 Å². The fourth-order valence-electron chi connectivity index (χ4n) is 1.11. The summed E-state index contributed by atoms with van der Waals surface area (Å²) in [7, 11) is 1.28. The lowest BCUT2D eigenvalue weighted by Gasteiger charge is -2.05. The molecule has 0 bridgehead atoms. The van der Waals surface area contributed by atoms with Crippen LogP contribution in [-0.2, 0) is 9.53 Å². The van der Waals surface area contributed by atoms with Crippen LogP contribution in [0, 0.1) is 0 Å². The van der Waals surface area contributed by atoms with Crippen LogP contribution in [0.5, 0.6) is 5.75 Å². The van der Waals surface area contributed by atoms with E-state index in [9.17, 15) is 9.90 Å². The predicted octanol–water partition coefficient (Wildman–Crippen LogP) is 2.68. The Morgan fingerprint density at radius 3 is 2.76 bits per heavy atom. The van der Waals surface area contributed by atoms with Gasteiger partial charge in [-0.3, -0.25) is 4.99 Å². The summed E-state index contributed by atoms with van der Waals surface area (Å²) < 4.78 is 4.51. The molecule has 0 heterocycles. The van der Waals surface area contributed by atoms with E-state index in [-0.39, 0.29) is 10.8 Å². The number of nitrogens with zero attached hydrogens (tertiary/aromatic N) is 1. The van der Waals surface area contributed by atoms with Crippen LogP contribution in [0.25, 0.3) is 0 Å². The average molecular weight is 276 g/mol. The second kappa shape index (κ2) is 5.89. The van der Waals surface area contributed by atoms with Gasteiger partial charge in [-0.05, 0) is 19.1 Å². The monoisotopic (exact) mass is 275 g/mol. The van der Waals surface area contributed by atoms with Gasteiger partial charge in [-0.1, -0.05) is 23.2 Å². The molecule has 0 aliphatic carbocycles. The van der Waals surface area contributed by atoms with Gasteiger partial charge in [0.05, 0.1) is 12.1 Å². The quantitative estimate of drug-likeness (QED) is 0.682. The lowest BCUT2D eigenvalue weighted by atomic mass is 10.2. The van der Waals surface area contributed by atoms with E-state index in [4.69, 9.17) is 23.2 Å². The number of carbonyl (C=O) groups is 1. The van der Waals surface area contributed by atoms with Crippen molar-refractivity contribution in [2.75, 3.05) is 7.11 Å². The molecule has 0 spiro atoms. The van der Waals surface area contributed by atoms with Crippen LogP contribution < -0.4 is 0 Å². The molecule has 0 unspecified atom stereocenters. The van der Waals surface area contributed by atoms with Crippen LogP contribution in [0.15, 0.2) is 17.1 Å². The van der Waals surface area contributed by atoms with Crippen molar-refractivity contribution >= 4 is 35.4 Å². The first-order valence-electron chi connectivity index (χ1n) is 4.74. The Morgan fingerprint density at radius 2 is 2.18 bits per heavy atom. The molecule has 0 radical (unpaired) electrons. The van der Waals surface area contributed by atoms with Crippen molar-refractivity contribution in [3.63, 3.8) is 0 Å². The Hall–Kier alpha value is -1.26. The number of ether oxygens (including phenoxy) is 1. The molecule has 1 aromatic rings. The van der Waals surface area contributed by atoms with E-state index in [0.717, 1.165) is 0 Å². The van der Waals surface area contributed by atoms with Gasteiger partial charge < -0.3 is 9.84 Å². The number of aliphatic imine (C=N–C) groups is 1. The van der Waals surface area contributed by atoms with Crippen LogP contribution in [-0.4, -0.2) is 30.4 Å². The Kier molecular flexibility index (Phi) is 4.78. The maximum atomic E-state index is 11.1. The maximum Gasteiger partial charge on any atom is 0.330 e. The van der Waals surface area contributed by atoms with Gasteiger partial charge in [-0.25, -0.2) is 4.79 Å². The SMILES string of the molecule is COC(=O)[C@H](C)N=Cc1cc(Cl)cc(Cl)c1O. The zero-order valence-corrected chi connectivity index (χ0v) is 10.8. The van der Waals surface area contributed by atoms with Gasteiger partial charge in [0.25, 0.3) is 0 Å². The molecule has 0 saturated heterocycles. The molecule has 1 N–H and O–H groups in total. The van der Waals surface area contributed by atoms with Gasteiger partial charge in [0.1, 0.15) is 11.8 Å². The topological polar surface area (TPSA) is 58.9 Å². The fraction of sp³-hybridized carbons (Fsp3) is 0.273. The molecular formula is C11H11Cl2NO3. The molecule has 0 fully saturated rings. The van der Waals surface area contributed by atoms with Crippen molar-refractivity contribution in [1.29, 1.82) is 0 Å². The van der Waals surface area contributed by atoms with Gasteiger partial charge in [0, 0.05) is 16.8 Å². The Balaban J connectivity index is 2.95. The molecule has 6 heteroatoms. The highest BCUT2D eigenvalue weighted by Crippen LogP contribution is 2.30. The highest BCUT2D eigenvalue weighted by Gasteiger charge is 2.11. The standard InChI is InChI=1S/C11H11Cl2NO3/c1-6(11(16)17-2)14-5-7-3-8(12)4-9(13)10(7)15/h3-6,15H,1-2H3/t6-/m0/s1. The van der Waals surface area contributed by atoms with Crippen LogP contribution in [0.2, 0.25) is 10.0 Å². The van der Waals surface area contributed by atoms with E-state index < -0.39 is 12.0 Å². The second-order valence-corrected chi connectivity index (χ2v) is 4.15. The highest BCUT2D eigenvalue weighted by molar-refractivity contribution is 6.36. The number of esters is 1. The minimum Gasteiger partial charge on any atom is -0.506 e. The highest BCUT2D eigenvalue weighted by atomic mass is 35.5. The minimum absolute atomic E-state index is 0.128. The summed E-state index contributed by atoms with van der Waals surface area (Å²) >= 11 is 11.5. The molecule has 17 heavy (non-hydrogen) atoms. The van der Waals surface area contributed by atoms with Crippen molar-refractivity contribution in [3.8, 4) is 5.75 Å². The molecule has 0 aromatic heterocycles. The number of hydrogen-bond donors (Lipinski definition) is 1. The summed E-state index contributed by atoms with van der Waals surface area (Å²) in [5.74, 6) is -0.592. The third-order valence-electron chi connectivity index (χ3n) is 2.04.